The molecule has 0 aliphatic carbocycles. The Hall–Kier alpha value is -0.970. The number of hydrogen-bond acceptors (Lipinski definition) is 3. The Balaban J connectivity index is 1.82. The van der Waals surface area contributed by atoms with Crippen molar-refractivity contribution in [3.05, 3.63) is 35.6 Å². The van der Waals surface area contributed by atoms with Gasteiger partial charge in [0, 0.05) is 19.6 Å². The van der Waals surface area contributed by atoms with Crippen molar-refractivity contribution in [3.63, 3.8) is 0 Å². The van der Waals surface area contributed by atoms with Crippen molar-refractivity contribution in [1.82, 2.24) is 4.90 Å². The minimum absolute atomic E-state index is 0.255. The molecule has 1 saturated heterocycles. The van der Waals surface area contributed by atoms with Crippen LogP contribution in [0.3, 0.4) is 0 Å². The summed E-state index contributed by atoms with van der Waals surface area (Å²) in [6.45, 7) is 5.41. The molecule has 100 valence electrons. The van der Waals surface area contributed by atoms with E-state index in [1.807, 2.05) is 0 Å². The molecule has 3 nitrogen and oxygen atoms in total. The summed E-state index contributed by atoms with van der Waals surface area (Å²) in [5.41, 5.74) is 0.649. The maximum atomic E-state index is 13.0. The van der Waals surface area contributed by atoms with Crippen LogP contribution in [0.5, 0.6) is 0 Å². The Labute approximate surface area is 107 Å². The van der Waals surface area contributed by atoms with E-state index in [4.69, 9.17) is 4.74 Å². The van der Waals surface area contributed by atoms with E-state index in [-0.39, 0.29) is 11.9 Å². The van der Waals surface area contributed by atoms with Crippen LogP contribution >= 0.6 is 0 Å². The molecule has 0 bridgehead atoms. The molecule has 2 rings (SSSR count). The van der Waals surface area contributed by atoms with Gasteiger partial charge in [0.25, 0.3) is 0 Å². The highest BCUT2D eigenvalue weighted by atomic mass is 19.1. The molecule has 0 aromatic heterocycles. The first-order chi connectivity index (χ1) is 8.65. The van der Waals surface area contributed by atoms with Crippen LogP contribution in [0.4, 0.5) is 4.39 Å². The van der Waals surface area contributed by atoms with Crippen molar-refractivity contribution in [2.45, 2.75) is 25.6 Å². The van der Waals surface area contributed by atoms with Crippen LogP contribution in [0.25, 0.3) is 0 Å². The summed E-state index contributed by atoms with van der Waals surface area (Å²) in [6.07, 6.45) is 0.278. The highest BCUT2D eigenvalue weighted by Crippen LogP contribution is 2.18. The van der Waals surface area contributed by atoms with Gasteiger partial charge in [0.2, 0.25) is 0 Å². The average Bonchev–Trinajstić information content (AvgIpc) is 2.36. The topological polar surface area (TPSA) is 32.7 Å². The molecule has 1 aromatic carbocycles. The third-order valence-corrected chi connectivity index (χ3v) is 3.28. The summed E-state index contributed by atoms with van der Waals surface area (Å²) in [7, 11) is 0. The zero-order chi connectivity index (χ0) is 13.0. The standard InChI is InChI=1S/C14H20FNO2/c1-11-10-16(7-8-18-11)6-5-14(17)12-3-2-4-13(15)9-12/h2-4,9,11,14,17H,5-8,10H2,1H3. The van der Waals surface area contributed by atoms with Crippen LogP contribution < -0.4 is 0 Å². The second kappa shape index (κ2) is 6.27. The summed E-state index contributed by atoms with van der Waals surface area (Å²) in [6, 6.07) is 6.17. The summed E-state index contributed by atoms with van der Waals surface area (Å²) < 4.78 is 18.5. The van der Waals surface area contributed by atoms with Gasteiger partial charge in [0.05, 0.1) is 18.8 Å². The van der Waals surface area contributed by atoms with Crippen molar-refractivity contribution in [1.29, 1.82) is 0 Å². The maximum Gasteiger partial charge on any atom is 0.123 e. The van der Waals surface area contributed by atoms with E-state index in [1.165, 1.54) is 12.1 Å². The molecule has 1 N–H and O–H groups in total. The lowest BCUT2D eigenvalue weighted by Gasteiger charge is -2.31. The average molecular weight is 253 g/mol. The van der Waals surface area contributed by atoms with Crippen molar-refractivity contribution >= 4 is 0 Å². The van der Waals surface area contributed by atoms with Gasteiger partial charge in [-0.1, -0.05) is 12.1 Å². The van der Waals surface area contributed by atoms with E-state index in [0.29, 0.717) is 12.0 Å². The third kappa shape index (κ3) is 3.77. The third-order valence-electron chi connectivity index (χ3n) is 3.28. The molecule has 1 aliphatic heterocycles. The van der Waals surface area contributed by atoms with Gasteiger partial charge in [-0.3, -0.25) is 4.90 Å². The number of aliphatic hydroxyl groups is 1. The Kier molecular flexibility index (Phi) is 4.69. The lowest BCUT2D eigenvalue weighted by atomic mass is 10.1. The minimum atomic E-state index is -0.598. The van der Waals surface area contributed by atoms with Gasteiger partial charge in [0.1, 0.15) is 5.82 Å². The van der Waals surface area contributed by atoms with Gasteiger partial charge in [-0.05, 0) is 31.0 Å². The minimum Gasteiger partial charge on any atom is -0.388 e. The molecule has 1 aliphatic rings. The van der Waals surface area contributed by atoms with Crippen LogP contribution in [0.15, 0.2) is 24.3 Å². The molecule has 0 spiro atoms. The molecule has 2 atom stereocenters. The Bertz CT molecular complexity index is 386. The fourth-order valence-corrected chi connectivity index (χ4v) is 2.28. The predicted molar refractivity (Wildman–Crippen MR) is 67.8 cm³/mol. The number of aliphatic hydroxyl groups excluding tert-OH is 1. The van der Waals surface area contributed by atoms with Crippen LogP contribution in [-0.2, 0) is 4.74 Å². The van der Waals surface area contributed by atoms with Gasteiger partial charge < -0.3 is 9.84 Å². The van der Waals surface area contributed by atoms with E-state index in [1.54, 1.807) is 12.1 Å². The smallest absolute Gasteiger partial charge is 0.123 e. The van der Waals surface area contributed by atoms with Crippen LogP contribution in [0, 0.1) is 5.82 Å². The van der Waals surface area contributed by atoms with Gasteiger partial charge in [-0.15, -0.1) is 0 Å². The van der Waals surface area contributed by atoms with Gasteiger partial charge in [-0.25, -0.2) is 4.39 Å². The molecular formula is C14H20FNO2. The number of ether oxygens (including phenoxy) is 1. The summed E-state index contributed by atoms with van der Waals surface area (Å²) in [4.78, 5) is 2.27. The Morgan fingerprint density at radius 1 is 1.56 bits per heavy atom. The number of benzene rings is 1. The second-order valence-corrected chi connectivity index (χ2v) is 4.84. The summed E-state index contributed by atoms with van der Waals surface area (Å²) in [5.74, 6) is -0.299. The predicted octanol–water partition coefficient (Wildman–Crippen LogP) is 1.97. The van der Waals surface area contributed by atoms with Crippen molar-refractivity contribution in [2.75, 3.05) is 26.2 Å². The van der Waals surface area contributed by atoms with E-state index in [2.05, 4.69) is 11.8 Å². The zero-order valence-corrected chi connectivity index (χ0v) is 10.7. The monoisotopic (exact) mass is 253 g/mol. The lowest BCUT2D eigenvalue weighted by molar-refractivity contribution is -0.0222. The quantitative estimate of drug-likeness (QED) is 0.890. The lowest BCUT2D eigenvalue weighted by Crippen LogP contribution is -2.41. The van der Waals surface area contributed by atoms with Crippen LogP contribution in [-0.4, -0.2) is 42.4 Å². The van der Waals surface area contributed by atoms with E-state index in [0.717, 1.165) is 26.2 Å². The number of nitrogens with zero attached hydrogens (tertiary/aromatic N) is 1. The Morgan fingerprint density at radius 2 is 2.39 bits per heavy atom. The van der Waals surface area contributed by atoms with E-state index in [9.17, 15) is 9.50 Å². The number of morpholine rings is 1. The molecule has 0 radical (unpaired) electrons. The first kappa shape index (κ1) is 13.5. The zero-order valence-electron chi connectivity index (χ0n) is 10.7. The molecule has 18 heavy (non-hydrogen) atoms. The molecule has 4 heteroatoms. The van der Waals surface area contributed by atoms with Crippen molar-refractivity contribution < 1.29 is 14.2 Å². The van der Waals surface area contributed by atoms with Crippen LogP contribution in [0.2, 0.25) is 0 Å². The largest absolute Gasteiger partial charge is 0.388 e. The molecule has 2 unspecified atom stereocenters. The van der Waals surface area contributed by atoms with Crippen LogP contribution in [0.1, 0.15) is 25.0 Å². The second-order valence-electron chi connectivity index (χ2n) is 4.84. The van der Waals surface area contributed by atoms with E-state index >= 15 is 0 Å². The van der Waals surface area contributed by atoms with Crippen molar-refractivity contribution in [3.8, 4) is 0 Å². The maximum absolute atomic E-state index is 13.0. The van der Waals surface area contributed by atoms with Gasteiger partial charge in [-0.2, -0.15) is 0 Å². The van der Waals surface area contributed by atoms with Gasteiger partial charge >= 0.3 is 0 Å². The fourth-order valence-electron chi connectivity index (χ4n) is 2.28. The van der Waals surface area contributed by atoms with E-state index < -0.39 is 6.10 Å². The molecular weight excluding hydrogens is 233 g/mol. The number of hydrogen-bond donors (Lipinski definition) is 1. The highest BCUT2D eigenvalue weighted by Gasteiger charge is 2.17. The van der Waals surface area contributed by atoms with Crippen molar-refractivity contribution in [2.24, 2.45) is 0 Å². The fraction of sp³-hybridized carbons (Fsp3) is 0.571. The summed E-state index contributed by atoms with van der Waals surface area (Å²) in [5, 5.41) is 10.0. The molecule has 1 heterocycles. The molecule has 1 fully saturated rings. The molecule has 1 aromatic rings. The normalized spacial score (nSPS) is 22.9. The molecule has 0 amide bonds. The number of halogens is 1. The highest BCUT2D eigenvalue weighted by molar-refractivity contribution is 5.18. The van der Waals surface area contributed by atoms with Gasteiger partial charge in [0.15, 0.2) is 0 Å². The SMILES string of the molecule is CC1CN(CCC(O)c2cccc(F)c2)CCO1. The number of rotatable bonds is 4. The first-order valence-electron chi connectivity index (χ1n) is 6.42. The molecule has 0 saturated carbocycles. The Morgan fingerprint density at radius 3 is 3.11 bits per heavy atom. The first-order valence-corrected chi connectivity index (χ1v) is 6.42. The summed E-state index contributed by atoms with van der Waals surface area (Å²) >= 11 is 0.